The number of fused-ring (bicyclic) bond motifs is 1. The summed E-state index contributed by atoms with van der Waals surface area (Å²) in [5.41, 5.74) is 7.50. The van der Waals surface area contributed by atoms with Gasteiger partial charge in [-0.25, -0.2) is 14.6 Å². The van der Waals surface area contributed by atoms with Crippen LogP contribution in [0.15, 0.2) is 18.5 Å². The van der Waals surface area contributed by atoms with Crippen LogP contribution in [-0.4, -0.2) is 45.0 Å². The zero-order valence-electron chi connectivity index (χ0n) is 12.3. The Balaban J connectivity index is 1.59. The van der Waals surface area contributed by atoms with Crippen LogP contribution in [0.5, 0.6) is 0 Å². The van der Waals surface area contributed by atoms with Crippen LogP contribution in [0.25, 0.3) is 5.52 Å². The molecule has 0 aromatic carbocycles. The minimum Gasteiger partial charge on any atom is -0.382 e. The van der Waals surface area contributed by atoms with Crippen molar-refractivity contribution in [2.75, 3.05) is 18.9 Å². The van der Waals surface area contributed by atoms with Crippen LogP contribution in [-0.2, 0) is 14.1 Å². The lowest BCUT2D eigenvalue weighted by molar-refractivity contribution is -0.106. The number of nitrogens with zero attached hydrogens (tertiary/aromatic N) is 3. The van der Waals surface area contributed by atoms with E-state index in [4.69, 9.17) is 15.0 Å². The lowest BCUT2D eigenvalue weighted by atomic mass is 10.1. The average Bonchev–Trinajstić information content (AvgIpc) is 3.18. The van der Waals surface area contributed by atoms with Crippen molar-refractivity contribution in [1.82, 2.24) is 19.7 Å². The van der Waals surface area contributed by atoms with Gasteiger partial charge >= 0.3 is 0 Å². The Morgan fingerprint density at radius 2 is 2.43 bits per heavy atom. The fraction of sp³-hybridized carbons (Fsp3) is 0.462. The molecule has 0 aliphatic carbocycles. The molecule has 1 saturated heterocycles. The molecule has 0 radical (unpaired) electrons. The van der Waals surface area contributed by atoms with Gasteiger partial charge < -0.3 is 24.7 Å². The van der Waals surface area contributed by atoms with E-state index in [2.05, 4.69) is 15.2 Å². The number of anilines is 1. The molecule has 9 nitrogen and oxygen atoms in total. The summed E-state index contributed by atoms with van der Waals surface area (Å²) in [5.74, 6) is 0.427. The first-order chi connectivity index (χ1) is 11.2. The zero-order valence-corrected chi connectivity index (χ0v) is 13.2. The van der Waals surface area contributed by atoms with Crippen molar-refractivity contribution >= 4 is 26.1 Å². The Morgan fingerprint density at radius 1 is 1.57 bits per heavy atom. The van der Waals surface area contributed by atoms with E-state index in [0.29, 0.717) is 12.1 Å². The van der Waals surface area contributed by atoms with Gasteiger partial charge in [-0.05, 0) is 25.0 Å². The maximum absolute atomic E-state index is 10.2. The molecule has 3 atom stereocenters. The Kier molecular flexibility index (Phi) is 5.14. The number of carbonyl (C=O) groups is 1. The Bertz CT molecular complexity index is 681. The molecule has 3 rings (SSSR count). The zero-order chi connectivity index (χ0) is 16.2. The monoisotopic (exact) mass is 339 g/mol. The number of nitrogens with two attached hydrogens (primary N) is 1. The van der Waals surface area contributed by atoms with Crippen molar-refractivity contribution < 1.29 is 18.9 Å². The maximum Gasteiger partial charge on any atom is 0.253 e. The highest BCUT2D eigenvalue weighted by molar-refractivity contribution is 7.43. The average molecular weight is 339 g/mol. The highest BCUT2D eigenvalue weighted by Gasteiger charge is 2.29. The summed E-state index contributed by atoms with van der Waals surface area (Å²) in [5, 5.41) is 6.78. The largest absolute Gasteiger partial charge is 0.382 e. The summed E-state index contributed by atoms with van der Waals surface area (Å²) in [6, 6.07) is 3.80. The van der Waals surface area contributed by atoms with Gasteiger partial charge in [-0.15, -0.1) is 0 Å². The normalized spacial score (nSPS) is 22.5. The number of carbonyl (C=O) groups excluding carboxylic acids is 1. The predicted molar refractivity (Wildman–Crippen MR) is 83.4 cm³/mol. The fourth-order valence-corrected chi connectivity index (χ4v) is 3.21. The standard InChI is InChI=1S/C13H18N5O4P/c14-13-11-3-2-10(18(11)16-8-15-13)12-4-1-9(22-12)7-21-23(20)17-5-6-19/h2-3,6,8-9,12,17,20H,1,4-5,7H2,(H2,14,15,16). The molecular formula is C13H18N5O4P. The third-order valence-electron chi connectivity index (χ3n) is 3.64. The molecule has 2 aromatic rings. The van der Waals surface area contributed by atoms with Crippen molar-refractivity contribution in [2.45, 2.75) is 25.0 Å². The van der Waals surface area contributed by atoms with E-state index >= 15 is 0 Å². The minimum absolute atomic E-state index is 0.0631. The van der Waals surface area contributed by atoms with Crippen LogP contribution in [0, 0.1) is 0 Å². The smallest absolute Gasteiger partial charge is 0.253 e. The summed E-state index contributed by atoms with van der Waals surface area (Å²) >= 11 is 0. The van der Waals surface area contributed by atoms with Gasteiger partial charge in [0.15, 0.2) is 5.82 Å². The van der Waals surface area contributed by atoms with Gasteiger partial charge in [0.05, 0.1) is 24.9 Å². The third kappa shape index (κ3) is 3.65. The number of aromatic nitrogens is 3. The lowest BCUT2D eigenvalue weighted by Crippen LogP contribution is -2.17. The van der Waals surface area contributed by atoms with Crippen LogP contribution in [0.1, 0.15) is 24.6 Å². The molecule has 124 valence electrons. The third-order valence-corrected chi connectivity index (χ3v) is 4.49. The second-order valence-corrected chi connectivity index (χ2v) is 6.24. The van der Waals surface area contributed by atoms with Crippen molar-refractivity contribution in [1.29, 1.82) is 0 Å². The van der Waals surface area contributed by atoms with Crippen molar-refractivity contribution in [3.63, 3.8) is 0 Å². The van der Waals surface area contributed by atoms with E-state index in [0.717, 1.165) is 24.1 Å². The lowest BCUT2D eigenvalue weighted by Gasteiger charge is -2.16. The van der Waals surface area contributed by atoms with E-state index in [9.17, 15) is 9.69 Å². The molecule has 0 saturated carbocycles. The van der Waals surface area contributed by atoms with Crippen LogP contribution in [0.3, 0.4) is 0 Å². The summed E-state index contributed by atoms with van der Waals surface area (Å²) in [6.45, 7) is 0.332. The van der Waals surface area contributed by atoms with Crippen molar-refractivity contribution in [2.24, 2.45) is 0 Å². The Morgan fingerprint density at radius 3 is 3.26 bits per heavy atom. The summed E-state index contributed by atoms with van der Waals surface area (Å²) in [4.78, 5) is 23.7. The minimum atomic E-state index is -1.80. The number of hydrogen-bond acceptors (Lipinski definition) is 8. The van der Waals surface area contributed by atoms with Gasteiger partial charge in [-0.1, -0.05) is 0 Å². The molecule has 0 spiro atoms. The second-order valence-electron chi connectivity index (χ2n) is 5.12. The molecule has 3 unspecified atom stereocenters. The SMILES string of the molecule is Nc1ncnn2c(C3CCC(COP(O)NCC=O)O3)ccc12. The summed E-state index contributed by atoms with van der Waals surface area (Å²) < 4.78 is 13.0. The highest BCUT2D eigenvalue weighted by atomic mass is 31.2. The Hall–Kier alpha value is -1.64. The molecule has 2 aromatic heterocycles. The van der Waals surface area contributed by atoms with Gasteiger partial charge in [0.2, 0.25) is 0 Å². The highest BCUT2D eigenvalue weighted by Crippen LogP contribution is 2.35. The van der Waals surface area contributed by atoms with Crippen molar-refractivity contribution in [3.8, 4) is 0 Å². The quantitative estimate of drug-likeness (QED) is 0.494. The molecule has 4 N–H and O–H groups in total. The number of ether oxygens (including phenoxy) is 1. The van der Waals surface area contributed by atoms with Gasteiger partial charge in [0.1, 0.15) is 24.2 Å². The topological polar surface area (TPSA) is 124 Å². The van der Waals surface area contributed by atoms with Crippen LogP contribution < -0.4 is 10.8 Å². The molecule has 1 aliphatic heterocycles. The van der Waals surface area contributed by atoms with Crippen LogP contribution in [0.4, 0.5) is 5.82 Å². The number of aldehydes is 1. The van der Waals surface area contributed by atoms with E-state index in [-0.39, 0.29) is 25.4 Å². The first-order valence-electron chi connectivity index (χ1n) is 7.21. The molecular weight excluding hydrogens is 321 g/mol. The van der Waals surface area contributed by atoms with E-state index in [1.807, 2.05) is 12.1 Å². The van der Waals surface area contributed by atoms with Gasteiger partial charge in [-0.3, -0.25) is 0 Å². The molecule has 23 heavy (non-hydrogen) atoms. The second kappa shape index (κ2) is 7.29. The fourth-order valence-electron chi connectivity index (χ4n) is 2.58. The molecule has 1 aliphatic rings. The first kappa shape index (κ1) is 16.2. The van der Waals surface area contributed by atoms with Crippen LogP contribution in [0.2, 0.25) is 0 Å². The van der Waals surface area contributed by atoms with E-state index in [1.54, 1.807) is 4.52 Å². The van der Waals surface area contributed by atoms with E-state index in [1.165, 1.54) is 6.33 Å². The molecule has 3 heterocycles. The number of rotatable bonds is 7. The Labute approximate surface area is 133 Å². The summed E-state index contributed by atoms with van der Waals surface area (Å²) in [7, 11) is -1.80. The number of nitrogen functional groups attached to an aromatic ring is 1. The molecule has 0 amide bonds. The predicted octanol–water partition coefficient (Wildman–Crippen LogP) is 0.556. The first-order valence-corrected chi connectivity index (χ1v) is 8.43. The molecule has 0 bridgehead atoms. The van der Waals surface area contributed by atoms with Gasteiger partial charge in [-0.2, -0.15) is 5.10 Å². The van der Waals surface area contributed by atoms with Gasteiger partial charge in [0, 0.05) is 0 Å². The molecule has 10 heteroatoms. The molecule has 1 fully saturated rings. The van der Waals surface area contributed by atoms with E-state index < -0.39 is 8.53 Å². The van der Waals surface area contributed by atoms with Crippen molar-refractivity contribution in [3.05, 3.63) is 24.2 Å². The maximum atomic E-state index is 10.2. The number of hydrogen-bond donors (Lipinski definition) is 3. The van der Waals surface area contributed by atoms with Crippen LogP contribution >= 0.6 is 8.53 Å². The van der Waals surface area contributed by atoms with Gasteiger partial charge in [0.25, 0.3) is 8.53 Å². The summed E-state index contributed by atoms with van der Waals surface area (Å²) in [6.07, 6.45) is 3.51. The number of nitrogens with one attached hydrogen (secondary N) is 1.